The monoisotopic (exact) mass is 295 g/mol. The lowest BCUT2D eigenvalue weighted by molar-refractivity contribution is 0.0977. The summed E-state index contributed by atoms with van der Waals surface area (Å²) >= 11 is 0. The van der Waals surface area contributed by atoms with E-state index in [1.165, 1.54) is 0 Å². The number of methoxy groups -OCH3 is 1. The normalized spacial score (nSPS) is 12.2. The quantitative estimate of drug-likeness (QED) is 0.637. The molecule has 21 heavy (non-hydrogen) atoms. The highest BCUT2D eigenvalue weighted by molar-refractivity contribution is 5.40. The number of rotatable bonds is 11. The Morgan fingerprint density at radius 1 is 1.14 bits per heavy atom. The van der Waals surface area contributed by atoms with E-state index in [1.807, 2.05) is 18.2 Å². The average Bonchev–Trinajstić information content (AvgIpc) is 2.51. The Hall–Kier alpha value is -1.26. The van der Waals surface area contributed by atoms with Gasteiger partial charge in [0.15, 0.2) is 0 Å². The van der Waals surface area contributed by atoms with Crippen LogP contribution in [0.5, 0.6) is 11.5 Å². The van der Waals surface area contributed by atoms with Gasteiger partial charge < -0.3 is 19.9 Å². The molecule has 120 valence electrons. The van der Waals surface area contributed by atoms with Crippen molar-refractivity contribution < 1.29 is 14.2 Å². The standard InChI is InChI=1S/C17H29NO3/c1-4-6-9-20-10-11-21-17-8-7-16(19-3)13-14(17)12-15(18)5-2/h7-8,13,15H,4-6,9-12,18H2,1-3H3. The molecule has 1 unspecified atom stereocenters. The molecule has 0 heterocycles. The van der Waals surface area contributed by atoms with Crippen molar-refractivity contribution in [2.45, 2.75) is 45.6 Å². The van der Waals surface area contributed by atoms with Gasteiger partial charge >= 0.3 is 0 Å². The van der Waals surface area contributed by atoms with E-state index in [9.17, 15) is 0 Å². The third-order valence-corrected chi connectivity index (χ3v) is 3.40. The minimum Gasteiger partial charge on any atom is -0.497 e. The molecule has 2 N–H and O–H groups in total. The number of benzene rings is 1. The topological polar surface area (TPSA) is 53.7 Å². The second-order valence-corrected chi connectivity index (χ2v) is 5.16. The van der Waals surface area contributed by atoms with Crippen molar-refractivity contribution in [2.24, 2.45) is 5.73 Å². The van der Waals surface area contributed by atoms with E-state index >= 15 is 0 Å². The van der Waals surface area contributed by atoms with Crippen LogP contribution in [-0.4, -0.2) is 33.0 Å². The predicted octanol–water partition coefficient (Wildman–Crippen LogP) is 3.17. The third-order valence-electron chi connectivity index (χ3n) is 3.40. The summed E-state index contributed by atoms with van der Waals surface area (Å²) in [5.74, 6) is 1.71. The van der Waals surface area contributed by atoms with Crippen molar-refractivity contribution >= 4 is 0 Å². The van der Waals surface area contributed by atoms with Crippen molar-refractivity contribution in [2.75, 3.05) is 26.9 Å². The lowest BCUT2D eigenvalue weighted by Gasteiger charge is -2.15. The van der Waals surface area contributed by atoms with E-state index in [2.05, 4.69) is 13.8 Å². The zero-order chi connectivity index (χ0) is 15.5. The minimum absolute atomic E-state index is 0.139. The van der Waals surface area contributed by atoms with Crippen molar-refractivity contribution in [1.82, 2.24) is 0 Å². The van der Waals surface area contributed by atoms with Gasteiger partial charge in [-0.25, -0.2) is 0 Å². The maximum absolute atomic E-state index is 6.05. The second kappa shape index (κ2) is 10.5. The van der Waals surface area contributed by atoms with E-state index in [0.29, 0.717) is 13.2 Å². The average molecular weight is 295 g/mol. The number of hydrogen-bond donors (Lipinski definition) is 1. The largest absolute Gasteiger partial charge is 0.497 e. The fourth-order valence-corrected chi connectivity index (χ4v) is 1.97. The molecule has 0 saturated carbocycles. The van der Waals surface area contributed by atoms with Gasteiger partial charge in [0.25, 0.3) is 0 Å². The highest BCUT2D eigenvalue weighted by Gasteiger charge is 2.09. The first-order valence-corrected chi connectivity index (χ1v) is 7.84. The van der Waals surface area contributed by atoms with Crippen LogP contribution < -0.4 is 15.2 Å². The summed E-state index contributed by atoms with van der Waals surface area (Å²) < 4.78 is 16.6. The molecule has 0 aromatic heterocycles. The lowest BCUT2D eigenvalue weighted by Crippen LogP contribution is -2.22. The summed E-state index contributed by atoms with van der Waals surface area (Å²) in [7, 11) is 1.67. The zero-order valence-electron chi connectivity index (χ0n) is 13.6. The summed E-state index contributed by atoms with van der Waals surface area (Å²) in [5.41, 5.74) is 7.15. The molecule has 0 fully saturated rings. The third kappa shape index (κ3) is 6.82. The molecule has 4 nitrogen and oxygen atoms in total. The van der Waals surface area contributed by atoms with Gasteiger partial charge in [-0.2, -0.15) is 0 Å². The summed E-state index contributed by atoms with van der Waals surface area (Å²) in [5, 5.41) is 0. The van der Waals surface area contributed by atoms with Gasteiger partial charge in [0.1, 0.15) is 18.1 Å². The fourth-order valence-electron chi connectivity index (χ4n) is 1.97. The smallest absolute Gasteiger partial charge is 0.122 e. The van der Waals surface area contributed by atoms with E-state index in [-0.39, 0.29) is 6.04 Å². The van der Waals surface area contributed by atoms with Crippen molar-refractivity contribution in [3.63, 3.8) is 0 Å². The molecule has 0 aliphatic rings. The Morgan fingerprint density at radius 2 is 1.95 bits per heavy atom. The Labute approximate surface area is 128 Å². The molecule has 1 aromatic carbocycles. The van der Waals surface area contributed by atoms with Crippen LogP contribution in [0.15, 0.2) is 18.2 Å². The molecule has 1 aromatic rings. The molecule has 0 radical (unpaired) electrons. The van der Waals surface area contributed by atoms with Crippen LogP contribution >= 0.6 is 0 Å². The Bertz CT molecular complexity index is 396. The fraction of sp³-hybridized carbons (Fsp3) is 0.647. The van der Waals surface area contributed by atoms with Crippen LogP contribution in [0.1, 0.15) is 38.7 Å². The van der Waals surface area contributed by atoms with E-state index < -0.39 is 0 Å². The first-order valence-electron chi connectivity index (χ1n) is 7.84. The van der Waals surface area contributed by atoms with Gasteiger partial charge in [0.2, 0.25) is 0 Å². The Balaban J connectivity index is 2.54. The molecule has 0 amide bonds. The molecule has 0 bridgehead atoms. The van der Waals surface area contributed by atoms with Crippen LogP contribution in [0, 0.1) is 0 Å². The summed E-state index contributed by atoms with van der Waals surface area (Å²) in [4.78, 5) is 0. The van der Waals surface area contributed by atoms with Crippen LogP contribution in [0.25, 0.3) is 0 Å². The molecule has 1 atom stereocenters. The second-order valence-electron chi connectivity index (χ2n) is 5.16. The molecular formula is C17H29NO3. The van der Waals surface area contributed by atoms with Crippen LogP contribution in [0.3, 0.4) is 0 Å². The zero-order valence-corrected chi connectivity index (χ0v) is 13.6. The Morgan fingerprint density at radius 3 is 2.62 bits per heavy atom. The van der Waals surface area contributed by atoms with Crippen molar-refractivity contribution in [3.8, 4) is 11.5 Å². The lowest BCUT2D eigenvalue weighted by atomic mass is 10.0. The number of unbranched alkanes of at least 4 members (excludes halogenated alkanes) is 1. The van der Waals surface area contributed by atoms with Crippen LogP contribution in [-0.2, 0) is 11.2 Å². The van der Waals surface area contributed by atoms with Gasteiger partial charge in [-0.05, 0) is 43.0 Å². The van der Waals surface area contributed by atoms with E-state index in [0.717, 1.165) is 49.4 Å². The van der Waals surface area contributed by atoms with E-state index in [1.54, 1.807) is 7.11 Å². The SMILES string of the molecule is CCCCOCCOc1ccc(OC)cc1CC(N)CC. The van der Waals surface area contributed by atoms with Crippen molar-refractivity contribution in [3.05, 3.63) is 23.8 Å². The first-order chi connectivity index (χ1) is 10.2. The highest BCUT2D eigenvalue weighted by atomic mass is 16.5. The van der Waals surface area contributed by atoms with Gasteiger partial charge in [-0.3, -0.25) is 0 Å². The first kappa shape index (κ1) is 17.8. The van der Waals surface area contributed by atoms with Crippen LogP contribution in [0.4, 0.5) is 0 Å². The molecule has 0 spiro atoms. The highest BCUT2D eigenvalue weighted by Crippen LogP contribution is 2.25. The van der Waals surface area contributed by atoms with Crippen molar-refractivity contribution in [1.29, 1.82) is 0 Å². The number of hydrogen-bond acceptors (Lipinski definition) is 4. The maximum Gasteiger partial charge on any atom is 0.122 e. The van der Waals surface area contributed by atoms with Gasteiger partial charge in [0.05, 0.1) is 13.7 Å². The number of nitrogens with two attached hydrogens (primary N) is 1. The van der Waals surface area contributed by atoms with Crippen LogP contribution in [0.2, 0.25) is 0 Å². The summed E-state index contributed by atoms with van der Waals surface area (Å²) in [6.07, 6.45) is 3.98. The Kier molecular flexibility index (Phi) is 8.87. The van der Waals surface area contributed by atoms with Gasteiger partial charge in [-0.15, -0.1) is 0 Å². The maximum atomic E-state index is 6.05. The number of ether oxygens (including phenoxy) is 3. The molecule has 4 heteroatoms. The molecule has 1 rings (SSSR count). The predicted molar refractivity (Wildman–Crippen MR) is 86.2 cm³/mol. The minimum atomic E-state index is 0.139. The summed E-state index contributed by atoms with van der Waals surface area (Å²) in [6, 6.07) is 6.00. The molecule has 0 aliphatic heterocycles. The van der Waals surface area contributed by atoms with Gasteiger partial charge in [-0.1, -0.05) is 20.3 Å². The van der Waals surface area contributed by atoms with Gasteiger partial charge in [0, 0.05) is 12.6 Å². The molecular weight excluding hydrogens is 266 g/mol. The van der Waals surface area contributed by atoms with E-state index in [4.69, 9.17) is 19.9 Å². The molecule has 0 saturated heterocycles. The molecule has 0 aliphatic carbocycles. The summed E-state index contributed by atoms with van der Waals surface area (Å²) in [6.45, 7) is 6.22.